The second-order valence-electron chi connectivity index (χ2n) is 4.10. The molecule has 0 aliphatic rings. The molecule has 0 radical (unpaired) electrons. The number of hydrogen-bond donors (Lipinski definition) is 2. The fraction of sp³-hybridized carbons (Fsp3) is 0.538. The van der Waals surface area contributed by atoms with Gasteiger partial charge in [0.05, 0.1) is 0 Å². The zero-order valence-corrected chi connectivity index (χ0v) is 10.5. The first kappa shape index (κ1) is 14.8. The first-order valence-corrected chi connectivity index (χ1v) is 5.99. The Balaban J connectivity index is 2.83. The van der Waals surface area contributed by atoms with Crippen molar-refractivity contribution in [3.05, 3.63) is 29.3 Å². The normalized spacial score (nSPS) is 13.4. The van der Waals surface area contributed by atoms with Crippen LogP contribution >= 0.6 is 0 Å². The summed E-state index contributed by atoms with van der Waals surface area (Å²) in [5.74, 6) is 0. The number of benzene rings is 1. The number of hydrogen-bond acceptors (Lipinski definition) is 2. The summed E-state index contributed by atoms with van der Waals surface area (Å²) in [6, 6.07) is 5.64. The molecule has 18 heavy (non-hydrogen) atoms. The van der Waals surface area contributed by atoms with Crippen LogP contribution < -0.4 is 5.32 Å². The predicted molar refractivity (Wildman–Crippen MR) is 65.7 cm³/mol. The molecule has 0 fully saturated rings. The second kappa shape index (κ2) is 6.09. The van der Waals surface area contributed by atoms with Crippen LogP contribution in [0.2, 0.25) is 0 Å². The molecule has 0 aliphatic heterocycles. The van der Waals surface area contributed by atoms with Crippen LogP contribution in [0.3, 0.4) is 0 Å². The standard InChI is InChI=1S/C13H18F3NO/c1-3-9-6-5-7-10(4-2)12(9)17-8-11(18)13(14,15)16/h5-7,11,17-18H,3-4,8H2,1-2H3. The molecule has 102 valence electrons. The van der Waals surface area contributed by atoms with Crippen molar-refractivity contribution in [1.82, 2.24) is 0 Å². The van der Waals surface area contributed by atoms with Crippen molar-refractivity contribution >= 4 is 5.69 Å². The Kier molecular flexibility index (Phi) is 5.02. The molecule has 1 aromatic rings. The van der Waals surface area contributed by atoms with Gasteiger partial charge in [-0.25, -0.2) is 0 Å². The lowest BCUT2D eigenvalue weighted by molar-refractivity contribution is -0.198. The maximum absolute atomic E-state index is 12.2. The lowest BCUT2D eigenvalue weighted by Gasteiger charge is -2.19. The summed E-state index contributed by atoms with van der Waals surface area (Å²) in [4.78, 5) is 0. The number of rotatable bonds is 5. The molecule has 1 atom stereocenters. The number of halogens is 3. The molecule has 0 saturated carbocycles. The van der Waals surface area contributed by atoms with Gasteiger partial charge in [0.1, 0.15) is 0 Å². The number of aryl methyl sites for hydroxylation is 2. The summed E-state index contributed by atoms with van der Waals surface area (Å²) in [5.41, 5.74) is 2.64. The van der Waals surface area contributed by atoms with Crippen LogP contribution in [0.25, 0.3) is 0 Å². The van der Waals surface area contributed by atoms with Gasteiger partial charge in [0.2, 0.25) is 0 Å². The van der Waals surface area contributed by atoms with E-state index in [2.05, 4.69) is 5.32 Å². The van der Waals surface area contributed by atoms with E-state index in [0.717, 1.165) is 24.0 Å². The summed E-state index contributed by atoms with van der Waals surface area (Å²) in [6.07, 6.45) is -5.45. The largest absolute Gasteiger partial charge is 0.416 e. The molecule has 0 amide bonds. The van der Waals surface area contributed by atoms with Crippen molar-refractivity contribution in [3.63, 3.8) is 0 Å². The molecule has 2 N–H and O–H groups in total. The smallest absolute Gasteiger partial charge is 0.382 e. The lowest BCUT2D eigenvalue weighted by Crippen LogP contribution is -2.35. The van der Waals surface area contributed by atoms with Gasteiger partial charge in [-0.2, -0.15) is 13.2 Å². The molecule has 0 heterocycles. The Labute approximate surface area is 105 Å². The van der Waals surface area contributed by atoms with Crippen LogP contribution in [0.5, 0.6) is 0 Å². The summed E-state index contributed by atoms with van der Waals surface area (Å²) < 4.78 is 36.7. The molecule has 1 aromatic carbocycles. The molecular formula is C13H18F3NO. The molecule has 0 spiro atoms. The van der Waals surface area contributed by atoms with Gasteiger partial charge in [-0.3, -0.25) is 0 Å². The number of para-hydroxylation sites is 1. The van der Waals surface area contributed by atoms with Crippen molar-refractivity contribution in [2.45, 2.75) is 39.0 Å². The summed E-state index contributed by atoms with van der Waals surface area (Å²) in [5, 5.41) is 11.7. The highest BCUT2D eigenvalue weighted by Crippen LogP contribution is 2.25. The third kappa shape index (κ3) is 3.63. The van der Waals surface area contributed by atoms with Crippen molar-refractivity contribution in [2.24, 2.45) is 0 Å². The molecule has 0 aromatic heterocycles. The molecule has 1 unspecified atom stereocenters. The van der Waals surface area contributed by atoms with E-state index in [1.54, 1.807) is 0 Å². The fourth-order valence-electron chi connectivity index (χ4n) is 1.78. The Bertz CT molecular complexity index is 368. The molecule has 0 bridgehead atoms. The van der Waals surface area contributed by atoms with Gasteiger partial charge in [-0.15, -0.1) is 0 Å². The van der Waals surface area contributed by atoms with Crippen LogP contribution in [0.1, 0.15) is 25.0 Å². The average Bonchev–Trinajstić information content (AvgIpc) is 2.34. The summed E-state index contributed by atoms with van der Waals surface area (Å²) in [7, 11) is 0. The van der Waals surface area contributed by atoms with E-state index in [1.807, 2.05) is 32.0 Å². The fourth-order valence-corrected chi connectivity index (χ4v) is 1.78. The number of alkyl halides is 3. The average molecular weight is 261 g/mol. The van der Waals surface area contributed by atoms with Crippen LogP contribution in [0, 0.1) is 0 Å². The quantitative estimate of drug-likeness (QED) is 0.853. The third-order valence-corrected chi connectivity index (χ3v) is 2.85. The highest BCUT2D eigenvalue weighted by molar-refractivity contribution is 5.58. The van der Waals surface area contributed by atoms with Gasteiger partial charge in [0, 0.05) is 12.2 Å². The topological polar surface area (TPSA) is 32.3 Å². The van der Waals surface area contributed by atoms with Crippen molar-refractivity contribution in [1.29, 1.82) is 0 Å². The molecule has 5 heteroatoms. The minimum Gasteiger partial charge on any atom is -0.382 e. The van der Waals surface area contributed by atoms with Crippen molar-refractivity contribution in [2.75, 3.05) is 11.9 Å². The summed E-state index contributed by atoms with van der Waals surface area (Å²) >= 11 is 0. The van der Waals surface area contributed by atoms with Gasteiger partial charge < -0.3 is 10.4 Å². The SMILES string of the molecule is CCc1cccc(CC)c1NCC(O)C(F)(F)F. The molecule has 1 rings (SSSR count). The Morgan fingerprint density at radius 1 is 1.17 bits per heavy atom. The minimum atomic E-state index is -4.58. The molecule has 0 saturated heterocycles. The van der Waals surface area contributed by atoms with E-state index in [4.69, 9.17) is 5.11 Å². The van der Waals surface area contributed by atoms with E-state index < -0.39 is 18.8 Å². The highest BCUT2D eigenvalue weighted by Gasteiger charge is 2.37. The van der Waals surface area contributed by atoms with Crippen LogP contribution in [0.15, 0.2) is 18.2 Å². The van der Waals surface area contributed by atoms with Crippen molar-refractivity contribution < 1.29 is 18.3 Å². The van der Waals surface area contributed by atoms with Crippen LogP contribution in [0.4, 0.5) is 18.9 Å². The maximum atomic E-state index is 12.2. The third-order valence-electron chi connectivity index (χ3n) is 2.85. The van der Waals surface area contributed by atoms with Crippen LogP contribution in [-0.2, 0) is 12.8 Å². The number of aliphatic hydroxyl groups is 1. The number of anilines is 1. The first-order chi connectivity index (χ1) is 8.40. The van der Waals surface area contributed by atoms with Crippen LogP contribution in [-0.4, -0.2) is 23.9 Å². The van der Waals surface area contributed by atoms with Gasteiger partial charge >= 0.3 is 6.18 Å². The zero-order chi connectivity index (χ0) is 13.8. The van der Waals surface area contributed by atoms with E-state index in [-0.39, 0.29) is 0 Å². The summed E-state index contributed by atoms with van der Waals surface area (Å²) in [6.45, 7) is 3.37. The van der Waals surface area contributed by atoms with E-state index in [1.165, 1.54) is 0 Å². The first-order valence-electron chi connectivity index (χ1n) is 5.99. The number of aliphatic hydroxyl groups excluding tert-OH is 1. The molecule has 2 nitrogen and oxygen atoms in total. The minimum absolute atomic E-state index is 0.520. The van der Waals surface area contributed by atoms with Crippen molar-refractivity contribution in [3.8, 4) is 0 Å². The number of nitrogens with one attached hydrogen (secondary N) is 1. The molecule has 0 aliphatic carbocycles. The van der Waals surface area contributed by atoms with Gasteiger partial charge in [-0.1, -0.05) is 32.0 Å². The van der Waals surface area contributed by atoms with E-state index >= 15 is 0 Å². The Morgan fingerprint density at radius 2 is 1.67 bits per heavy atom. The van der Waals surface area contributed by atoms with E-state index in [9.17, 15) is 13.2 Å². The lowest BCUT2D eigenvalue weighted by atomic mass is 10.0. The Morgan fingerprint density at radius 3 is 2.06 bits per heavy atom. The maximum Gasteiger partial charge on any atom is 0.416 e. The second-order valence-corrected chi connectivity index (χ2v) is 4.10. The highest BCUT2D eigenvalue weighted by atomic mass is 19.4. The van der Waals surface area contributed by atoms with E-state index in [0.29, 0.717) is 5.69 Å². The van der Waals surface area contributed by atoms with Gasteiger partial charge in [0.15, 0.2) is 6.10 Å². The molecular weight excluding hydrogens is 243 g/mol. The predicted octanol–water partition coefficient (Wildman–Crippen LogP) is 3.15. The monoisotopic (exact) mass is 261 g/mol. The van der Waals surface area contributed by atoms with Gasteiger partial charge in [-0.05, 0) is 24.0 Å². The zero-order valence-electron chi connectivity index (χ0n) is 10.5. The Hall–Kier alpha value is -1.23. The van der Waals surface area contributed by atoms with Gasteiger partial charge in [0.25, 0.3) is 0 Å².